The Hall–Kier alpha value is -0.160. The minimum atomic E-state index is -1.89. The zero-order valence-corrected chi connectivity index (χ0v) is 5.28. The van der Waals surface area contributed by atoms with Crippen LogP contribution in [0.2, 0.25) is 0 Å². The lowest BCUT2D eigenvalue weighted by molar-refractivity contribution is -0.168. The molecule has 0 aliphatic heterocycles. The van der Waals surface area contributed by atoms with Gasteiger partial charge in [-0.1, -0.05) is 0 Å². The Morgan fingerprint density at radius 1 is 1.44 bits per heavy atom. The Morgan fingerprint density at radius 2 is 1.89 bits per heavy atom. The number of hydrogen-bond donors (Lipinski definition) is 4. The zero-order chi connectivity index (χ0) is 7.49. The summed E-state index contributed by atoms with van der Waals surface area (Å²) in [6.45, 7) is 0.697. The Morgan fingerprint density at radius 3 is 2.00 bits per heavy atom. The fraction of sp³-hybridized carbons (Fsp3) is 1.00. The molecule has 1 unspecified atom stereocenters. The number of aliphatic hydroxyl groups excluding tert-OH is 2. The fourth-order valence-electron chi connectivity index (χ4n) is 0.511. The van der Waals surface area contributed by atoms with Crippen LogP contribution in [0.3, 0.4) is 0 Å². The Balaban J connectivity index is 3.47. The molecule has 0 spiro atoms. The van der Waals surface area contributed by atoms with Crippen LogP contribution in [0.5, 0.6) is 0 Å². The van der Waals surface area contributed by atoms with Crippen LogP contribution in [0.15, 0.2) is 0 Å². The lowest BCUT2D eigenvalue weighted by atomic mass is 10.1. The highest BCUT2D eigenvalue weighted by Gasteiger charge is 2.19. The molecular weight excluding hydrogens is 124 g/mol. The lowest BCUT2D eigenvalue weighted by Gasteiger charge is -2.17. The van der Waals surface area contributed by atoms with Crippen LogP contribution in [-0.2, 0) is 0 Å². The van der Waals surface area contributed by atoms with Crippen molar-refractivity contribution < 1.29 is 20.4 Å². The molecule has 0 aromatic carbocycles. The van der Waals surface area contributed by atoms with Gasteiger partial charge in [0.2, 0.25) is 0 Å². The summed E-state index contributed by atoms with van der Waals surface area (Å²) >= 11 is 0. The predicted molar refractivity (Wildman–Crippen MR) is 30.6 cm³/mol. The third-order valence-electron chi connectivity index (χ3n) is 0.833. The standard InChI is InChI=1S/C5H12O4/c1-5(8,9)2-4(7)3-6/h4,6-9H,2-3H2,1H3. The van der Waals surface area contributed by atoms with E-state index in [0.29, 0.717) is 0 Å². The molecule has 0 saturated carbocycles. The van der Waals surface area contributed by atoms with Gasteiger partial charge in [0, 0.05) is 6.42 Å². The van der Waals surface area contributed by atoms with E-state index in [1.165, 1.54) is 0 Å². The summed E-state index contributed by atoms with van der Waals surface area (Å²) in [5.74, 6) is -1.89. The van der Waals surface area contributed by atoms with Crippen LogP contribution in [0, 0.1) is 0 Å². The molecule has 0 radical (unpaired) electrons. The summed E-state index contributed by atoms with van der Waals surface area (Å²) in [6.07, 6.45) is -1.28. The topological polar surface area (TPSA) is 80.9 Å². The second-order valence-electron chi connectivity index (χ2n) is 2.26. The lowest BCUT2D eigenvalue weighted by Crippen LogP contribution is -2.30. The van der Waals surface area contributed by atoms with Crippen LogP contribution < -0.4 is 0 Å². The van der Waals surface area contributed by atoms with Gasteiger partial charge in [0.1, 0.15) is 0 Å². The van der Waals surface area contributed by atoms with Crippen LogP contribution in [0.4, 0.5) is 0 Å². The van der Waals surface area contributed by atoms with E-state index >= 15 is 0 Å². The quantitative estimate of drug-likeness (QED) is 0.353. The van der Waals surface area contributed by atoms with Gasteiger partial charge in [0.05, 0.1) is 12.7 Å². The molecule has 0 aliphatic carbocycles. The molecule has 56 valence electrons. The van der Waals surface area contributed by atoms with E-state index in [1.807, 2.05) is 0 Å². The van der Waals surface area contributed by atoms with Crippen LogP contribution >= 0.6 is 0 Å². The maximum absolute atomic E-state index is 8.62. The van der Waals surface area contributed by atoms with Crippen molar-refractivity contribution >= 4 is 0 Å². The van der Waals surface area contributed by atoms with E-state index in [4.69, 9.17) is 20.4 Å². The molecule has 0 saturated heterocycles. The largest absolute Gasteiger partial charge is 0.394 e. The van der Waals surface area contributed by atoms with Crippen molar-refractivity contribution in [1.29, 1.82) is 0 Å². The number of aliphatic hydroxyl groups is 4. The van der Waals surface area contributed by atoms with Gasteiger partial charge < -0.3 is 20.4 Å². The van der Waals surface area contributed by atoms with Crippen LogP contribution in [0.1, 0.15) is 13.3 Å². The zero-order valence-electron chi connectivity index (χ0n) is 5.28. The molecule has 4 heteroatoms. The van der Waals surface area contributed by atoms with Gasteiger partial charge in [0.25, 0.3) is 0 Å². The van der Waals surface area contributed by atoms with E-state index < -0.39 is 18.5 Å². The maximum Gasteiger partial charge on any atom is 0.162 e. The Kier molecular flexibility index (Phi) is 3.07. The minimum absolute atomic E-state index is 0.233. The highest BCUT2D eigenvalue weighted by molar-refractivity contribution is 4.62. The first-order valence-electron chi connectivity index (χ1n) is 2.69. The van der Waals surface area contributed by atoms with Crippen LogP contribution in [-0.4, -0.2) is 38.9 Å². The van der Waals surface area contributed by atoms with Crippen molar-refractivity contribution in [3.8, 4) is 0 Å². The van der Waals surface area contributed by atoms with Crippen molar-refractivity contribution in [2.24, 2.45) is 0 Å². The molecule has 0 aliphatic rings. The molecule has 0 rings (SSSR count). The number of rotatable bonds is 3. The SMILES string of the molecule is CC(O)(O)CC(O)CO. The molecule has 0 bridgehead atoms. The third-order valence-corrected chi connectivity index (χ3v) is 0.833. The van der Waals surface area contributed by atoms with Crippen molar-refractivity contribution in [2.75, 3.05) is 6.61 Å². The van der Waals surface area contributed by atoms with Crippen molar-refractivity contribution in [3.05, 3.63) is 0 Å². The van der Waals surface area contributed by atoms with Crippen molar-refractivity contribution in [1.82, 2.24) is 0 Å². The minimum Gasteiger partial charge on any atom is -0.394 e. The molecule has 1 atom stereocenters. The molecular formula is C5H12O4. The molecule has 0 aromatic rings. The summed E-state index contributed by atoms with van der Waals surface area (Å²) in [7, 11) is 0. The highest BCUT2D eigenvalue weighted by atomic mass is 16.5. The first kappa shape index (κ1) is 8.84. The first-order chi connectivity index (χ1) is 3.95. The maximum atomic E-state index is 8.62. The average Bonchev–Trinajstić information content (AvgIpc) is 1.62. The monoisotopic (exact) mass is 136 g/mol. The molecule has 4 N–H and O–H groups in total. The fourth-order valence-corrected chi connectivity index (χ4v) is 0.511. The smallest absolute Gasteiger partial charge is 0.162 e. The molecule has 0 amide bonds. The molecule has 0 heterocycles. The summed E-state index contributed by atoms with van der Waals surface area (Å²) in [4.78, 5) is 0. The Bertz CT molecular complexity index is 75.5. The summed E-state index contributed by atoms with van der Waals surface area (Å²) < 4.78 is 0. The van der Waals surface area contributed by atoms with Gasteiger partial charge in [-0.25, -0.2) is 0 Å². The Labute approximate surface area is 53.4 Å². The van der Waals surface area contributed by atoms with Gasteiger partial charge in [-0.2, -0.15) is 0 Å². The summed E-state index contributed by atoms with van der Waals surface area (Å²) in [6, 6.07) is 0. The van der Waals surface area contributed by atoms with E-state index in [9.17, 15) is 0 Å². The van der Waals surface area contributed by atoms with Crippen molar-refractivity contribution in [2.45, 2.75) is 25.2 Å². The number of hydrogen-bond acceptors (Lipinski definition) is 4. The van der Waals surface area contributed by atoms with Gasteiger partial charge in [-0.15, -0.1) is 0 Å². The van der Waals surface area contributed by atoms with Gasteiger partial charge in [-0.05, 0) is 6.92 Å². The third kappa shape index (κ3) is 5.72. The van der Waals surface area contributed by atoms with E-state index in [1.54, 1.807) is 0 Å². The first-order valence-corrected chi connectivity index (χ1v) is 2.69. The second-order valence-corrected chi connectivity index (χ2v) is 2.26. The van der Waals surface area contributed by atoms with E-state index in [2.05, 4.69) is 0 Å². The highest BCUT2D eigenvalue weighted by Crippen LogP contribution is 2.06. The van der Waals surface area contributed by atoms with Gasteiger partial charge >= 0.3 is 0 Å². The molecule has 0 fully saturated rings. The van der Waals surface area contributed by atoms with Crippen molar-refractivity contribution in [3.63, 3.8) is 0 Å². The van der Waals surface area contributed by atoms with E-state index in [-0.39, 0.29) is 6.42 Å². The summed E-state index contributed by atoms with van der Waals surface area (Å²) in [5, 5.41) is 34.1. The predicted octanol–water partition coefficient (Wildman–Crippen LogP) is -1.57. The van der Waals surface area contributed by atoms with E-state index in [0.717, 1.165) is 6.92 Å². The molecule has 9 heavy (non-hydrogen) atoms. The van der Waals surface area contributed by atoms with Gasteiger partial charge in [-0.3, -0.25) is 0 Å². The second kappa shape index (κ2) is 3.12. The van der Waals surface area contributed by atoms with Gasteiger partial charge in [0.15, 0.2) is 5.79 Å². The molecule has 0 aromatic heterocycles. The molecule has 4 nitrogen and oxygen atoms in total. The average molecular weight is 136 g/mol. The normalized spacial score (nSPS) is 15.7. The van der Waals surface area contributed by atoms with Crippen LogP contribution in [0.25, 0.3) is 0 Å². The summed E-state index contributed by atoms with van der Waals surface area (Å²) in [5.41, 5.74) is 0.